The summed E-state index contributed by atoms with van der Waals surface area (Å²) in [6.45, 7) is 0. The summed E-state index contributed by atoms with van der Waals surface area (Å²) >= 11 is 0. The third-order valence-corrected chi connectivity index (χ3v) is 3.39. The fourth-order valence-electron chi connectivity index (χ4n) is 2.35. The van der Waals surface area contributed by atoms with Crippen molar-refractivity contribution in [3.8, 4) is 17.0 Å². The van der Waals surface area contributed by atoms with Crippen molar-refractivity contribution in [3.63, 3.8) is 0 Å². The van der Waals surface area contributed by atoms with Crippen molar-refractivity contribution < 1.29 is 4.74 Å². The van der Waals surface area contributed by atoms with Crippen LogP contribution in [0.3, 0.4) is 0 Å². The van der Waals surface area contributed by atoms with Gasteiger partial charge in [0.05, 0.1) is 12.8 Å². The fraction of sp³-hybridized carbons (Fsp3) is 0.0714. The Morgan fingerprint density at radius 2 is 2.14 bits per heavy atom. The average Bonchev–Trinajstić information content (AvgIpc) is 3.11. The van der Waals surface area contributed by atoms with Crippen molar-refractivity contribution in [1.29, 1.82) is 0 Å². The van der Waals surface area contributed by atoms with Crippen molar-refractivity contribution >= 4 is 11.2 Å². The van der Waals surface area contributed by atoms with Gasteiger partial charge >= 0.3 is 5.69 Å². The minimum absolute atomic E-state index is 0.267. The number of hydrogen-bond donors (Lipinski definition) is 1. The molecule has 3 aromatic heterocycles. The van der Waals surface area contributed by atoms with Gasteiger partial charge in [0.2, 0.25) is 0 Å². The van der Waals surface area contributed by atoms with Gasteiger partial charge in [-0.15, -0.1) is 0 Å². The Bertz CT molecular complexity index is 1010. The normalized spacial score (nSPS) is 11.3. The smallest absolute Gasteiger partial charge is 0.347 e. The van der Waals surface area contributed by atoms with Crippen LogP contribution < -0.4 is 10.4 Å². The second kappa shape index (κ2) is 4.20. The molecule has 4 aromatic rings. The number of benzene rings is 1. The number of aromatic nitrogens is 5. The van der Waals surface area contributed by atoms with Gasteiger partial charge in [0.1, 0.15) is 11.3 Å². The molecule has 0 amide bonds. The number of nitrogens with one attached hydrogen (secondary N) is 1. The molecule has 0 aliphatic rings. The van der Waals surface area contributed by atoms with E-state index < -0.39 is 0 Å². The van der Waals surface area contributed by atoms with Crippen molar-refractivity contribution in [2.75, 3.05) is 7.11 Å². The highest BCUT2D eigenvalue weighted by atomic mass is 16.5. The molecule has 4 rings (SSSR count). The number of aromatic amines is 1. The molecule has 3 heterocycles. The van der Waals surface area contributed by atoms with Gasteiger partial charge in [-0.3, -0.25) is 0 Å². The van der Waals surface area contributed by atoms with E-state index in [9.17, 15) is 4.79 Å². The van der Waals surface area contributed by atoms with Crippen LogP contribution in [0.25, 0.3) is 22.4 Å². The van der Waals surface area contributed by atoms with Gasteiger partial charge in [-0.2, -0.15) is 10.2 Å². The van der Waals surface area contributed by atoms with Crippen LogP contribution in [0.4, 0.5) is 0 Å². The van der Waals surface area contributed by atoms with E-state index in [1.54, 1.807) is 24.0 Å². The molecule has 0 spiro atoms. The van der Waals surface area contributed by atoms with Gasteiger partial charge in [0.15, 0.2) is 5.65 Å². The predicted octanol–water partition coefficient (Wildman–Crippen LogP) is 1.35. The van der Waals surface area contributed by atoms with Crippen LogP contribution in [0.1, 0.15) is 0 Å². The number of H-pyrrole nitrogens is 1. The molecule has 1 N–H and O–H groups in total. The zero-order valence-electron chi connectivity index (χ0n) is 11.1. The van der Waals surface area contributed by atoms with Crippen molar-refractivity contribution in [2.45, 2.75) is 0 Å². The highest BCUT2D eigenvalue weighted by Gasteiger charge is 2.10. The van der Waals surface area contributed by atoms with Crippen LogP contribution in [0.15, 0.2) is 47.5 Å². The fourth-order valence-corrected chi connectivity index (χ4v) is 2.35. The summed E-state index contributed by atoms with van der Waals surface area (Å²) in [5.74, 6) is 0.769. The first-order valence-electron chi connectivity index (χ1n) is 6.36. The Morgan fingerprint density at radius 1 is 1.24 bits per heavy atom. The standard InChI is InChI=1S/C14H11N5O2/c1-21-10-4-2-3-9(7-10)11-8-12-13-15-16-14(20)18(13)5-6-19(12)17-11/h2-8H,1H3,(H,16,20). The van der Waals surface area contributed by atoms with E-state index in [4.69, 9.17) is 4.74 Å². The van der Waals surface area contributed by atoms with Crippen molar-refractivity contribution in [2.24, 2.45) is 0 Å². The minimum Gasteiger partial charge on any atom is -0.497 e. The second-order valence-corrected chi connectivity index (χ2v) is 4.61. The van der Waals surface area contributed by atoms with E-state index >= 15 is 0 Å². The summed E-state index contributed by atoms with van der Waals surface area (Å²) < 4.78 is 8.38. The molecule has 0 fully saturated rings. The van der Waals surface area contributed by atoms with Crippen molar-refractivity contribution in [3.05, 3.63) is 53.2 Å². The zero-order chi connectivity index (χ0) is 14.4. The molecule has 0 unspecified atom stereocenters. The predicted molar refractivity (Wildman–Crippen MR) is 76.6 cm³/mol. The quantitative estimate of drug-likeness (QED) is 0.601. The summed E-state index contributed by atoms with van der Waals surface area (Å²) in [7, 11) is 1.63. The second-order valence-electron chi connectivity index (χ2n) is 4.61. The van der Waals surface area contributed by atoms with Crippen LogP contribution in [-0.4, -0.2) is 31.3 Å². The van der Waals surface area contributed by atoms with E-state index in [1.807, 2.05) is 30.3 Å². The molecular formula is C14H11N5O2. The Hall–Kier alpha value is -3.09. The van der Waals surface area contributed by atoms with Crippen LogP contribution in [0.5, 0.6) is 5.75 Å². The molecule has 0 aliphatic carbocycles. The summed E-state index contributed by atoms with van der Waals surface area (Å²) in [5, 5.41) is 11.0. The summed E-state index contributed by atoms with van der Waals surface area (Å²) in [6, 6.07) is 9.55. The Labute approximate surface area is 118 Å². The summed E-state index contributed by atoms with van der Waals surface area (Å²) in [6.07, 6.45) is 3.36. The Balaban J connectivity index is 1.97. The number of ether oxygens (including phenoxy) is 1. The highest BCUT2D eigenvalue weighted by molar-refractivity contribution is 5.76. The molecule has 0 atom stereocenters. The lowest BCUT2D eigenvalue weighted by atomic mass is 10.1. The molecule has 7 nitrogen and oxygen atoms in total. The molecule has 1 aromatic carbocycles. The van der Waals surface area contributed by atoms with Gasteiger partial charge in [-0.1, -0.05) is 12.1 Å². The van der Waals surface area contributed by atoms with Crippen LogP contribution >= 0.6 is 0 Å². The first-order chi connectivity index (χ1) is 10.3. The average molecular weight is 281 g/mol. The molecule has 104 valence electrons. The molecule has 0 bridgehead atoms. The molecular weight excluding hydrogens is 270 g/mol. The number of fused-ring (bicyclic) bond motifs is 3. The lowest BCUT2D eigenvalue weighted by molar-refractivity contribution is 0.415. The number of nitrogens with zero attached hydrogens (tertiary/aromatic N) is 4. The minimum atomic E-state index is -0.267. The van der Waals surface area contributed by atoms with E-state index in [2.05, 4.69) is 15.3 Å². The Morgan fingerprint density at radius 3 is 3.00 bits per heavy atom. The van der Waals surface area contributed by atoms with E-state index in [-0.39, 0.29) is 5.69 Å². The van der Waals surface area contributed by atoms with E-state index in [1.165, 1.54) is 4.40 Å². The lowest BCUT2D eigenvalue weighted by Gasteiger charge is -2.00. The van der Waals surface area contributed by atoms with Crippen LogP contribution in [0, 0.1) is 0 Å². The lowest BCUT2D eigenvalue weighted by Crippen LogP contribution is -2.09. The van der Waals surface area contributed by atoms with Gasteiger partial charge in [-0.25, -0.2) is 18.8 Å². The molecule has 7 heteroatoms. The monoisotopic (exact) mass is 281 g/mol. The van der Waals surface area contributed by atoms with Gasteiger partial charge in [0.25, 0.3) is 0 Å². The van der Waals surface area contributed by atoms with Crippen LogP contribution in [-0.2, 0) is 0 Å². The van der Waals surface area contributed by atoms with Gasteiger partial charge < -0.3 is 4.74 Å². The molecule has 0 aliphatic heterocycles. The van der Waals surface area contributed by atoms with E-state index in [0.717, 1.165) is 22.5 Å². The Kier molecular flexibility index (Phi) is 2.34. The molecule has 21 heavy (non-hydrogen) atoms. The zero-order valence-corrected chi connectivity index (χ0v) is 11.1. The maximum Gasteiger partial charge on any atom is 0.347 e. The third-order valence-electron chi connectivity index (χ3n) is 3.39. The van der Waals surface area contributed by atoms with E-state index in [0.29, 0.717) is 5.65 Å². The number of hydrogen-bond acceptors (Lipinski definition) is 4. The highest BCUT2D eigenvalue weighted by Crippen LogP contribution is 2.24. The SMILES string of the molecule is COc1cccc(-c2cc3c4n[nH]c(=O)n4ccn3n2)c1. The topological polar surface area (TPSA) is 76.7 Å². The van der Waals surface area contributed by atoms with Crippen molar-refractivity contribution in [1.82, 2.24) is 24.2 Å². The maximum atomic E-state index is 11.6. The molecule has 0 radical (unpaired) electrons. The first-order valence-corrected chi connectivity index (χ1v) is 6.36. The van der Waals surface area contributed by atoms with Gasteiger partial charge in [0, 0.05) is 18.0 Å². The van der Waals surface area contributed by atoms with Crippen LogP contribution in [0.2, 0.25) is 0 Å². The number of methoxy groups -OCH3 is 1. The van der Waals surface area contributed by atoms with Gasteiger partial charge in [-0.05, 0) is 18.2 Å². The summed E-state index contributed by atoms with van der Waals surface area (Å²) in [5.41, 5.74) is 2.76. The number of rotatable bonds is 2. The summed E-state index contributed by atoms with van der Waals surface area (Å²) in [4.78, 5) is 11.6. The first kappa shape index (κ1) is 11.7. The maximum absolute atomic E-state index is 11.6. The largest absolute Gasteiger partial charge is 0.497 e. The molecule has 0 saturated heterocycles. The molecule has 0 saturated carbocycles. The third kappa shape index (κ3) is 1.71.